The molecule has 148 valence electrons. The number of thiophene rings is 1. The van der Waals surface area contributed by atoms with E-state index in [0.29, 0.717) is 15.7 Å². The molecule has 8 heteroatoms. The first-order valence-corrected chi connectivity index (χ1v) is 10.8. The third-order valence-corrected chi connectivity index (χ3v) is 6.77. The van der Waals surface area contributed by atoms with Crippen molar-refractivity contribution >= 4 is 59.8 Å². The Hall–Kier alpha value is -3.49. The molecule has 0 spiro atoms. The molecule has 5 rings (SSSR count). The van der Waals surface area contributed by atoms with Gasteiger partial charge < -0.3 is 10.5 Å². The second-order valence-corrected chi connectivity index (χ2v) is 8.59. The van der Waals surface area contributed by atoms with Crippen LogP contribution in [0.3, 0.4) is 0 Å². The maximum Gasteiger partial charge on any atom is 0.269 e. The topological polar surface area (TPSA) is 90.1 Å². The lowest BCUT2D eigenvalue weighted by Gasteiger charge is -2.03. The van der Waals surface area contributed by atoms with Gasteiger partial charge in [0.15, 0.2) is 5.13 Å². The molecule has 0 saturated carbocycles. The monoisotopic (exact) mass is 432 g/mol. The Morgan fingerprint density at radius 2 is 1.80 bits per heavy atom. The first-order valence-electron chi connectivity index (χ1n) is 9.13. The highest BCUT2D eigenvalue weighted by Gasteiger charge is 2.19. The van der Waals surface area contributed by atoms with E-state index in [0.717, 1.165) is 37.4 Å². The van der Waals surface area contributed by atoms with E-state index in [4.69, 9.17) is 15.5 Å². The number of benzene rings is 2. The van der Waals surface area contributed by atoms with E-state index in [1.54, 1.807) is 7.11 Å². The van der Waals surface area contributed by atoms with Gasteiger partial charge in [0.05, 0.1) is 28.7 Å². The van der Waals surface area contributed by atoms with Gasteiger partial charge in [-0.25, -0.2) is 9.97 Å². The van der Waals surface area contributed by atoms with Gasteiger partial charge in [0, 0.05) is 10.9 Å². The predicted octanol–water partition coefficient (Wildman–Crippen LogP) is 5.42. The van der Waals surface area contributed by atoms with Crippen molar-refractivity contribution < 1.29 is 9.53 Å². The Labute approximate surface area is 180 Å². The van der Waals surface area contributed by atoms with Crippen LogP contribution in [0.2, 0.25) is 0 Å². The van der Waals surface area contributed by atoms with Gasteiger partial charge in [-0.2, -0.15) is 0 Å². The van der Waals surface area contributed by atoms with Gasteiger partial charge in [-0.05, 0) is 48.5 Å². The molecule has 0 saturated heterocycles. The average molecular weight is 433 g/mol. The van der Waals surface area contributed by atoms with E-state index in [1.807, 2.05) is 60.7 Å². The van der Waals surface area contributed by atoms with Crippen molar-refractivity contribution in [2.75, 3.05) is 18.2 Å². The lowest BCUT2D eigenvalue weighted by atomic mass is 10.1. The van der Waals surface area contributed by atoms with E-state index in [2.05, 4.69) is 10.3 Å². The molecule has 0 atom stereocenters. The van der Waals surface area contributed by atoms with Crippen LogP contribution in [0.1, 0.15) is 9.67 Å². The standard InChI is InChI=1S/C22H16N4O2S2/c1-28-13-8-6-12(7-9-13)15-11-10-14-18(23)19(30-21(14)24-15)20(27)26-22-25-16-4-2-3-5-17(16)29-22/h2-11H,23H2,1H3,(H,25,26,27). The molecule has 30 heavy (non-hydrogen) atoms. The summed E-state index contributed by atoms with van der Waals surface area (Å²) in [6.07, 6.45) is 0. The van der Waals surface area contributed by atoms with Gasteiger partial charge in [0.25, 0.3) is 5.91 Å². The van der Waals surface area contributed by atoms with E-state index in [-0.39, 0.29) is 5.91 Å². The Morgan fingerprint density at radius 3 is 2.57 bits per heavy atom. The molecule has 0 aliphatic heterocycles. The van der Waals surface area contributed by atoms with E-state index in [9.17, 15) is 4.79 Å². The van der Waals surface area contributed by atoms with Gasteiger partial charge in [-0.3, -0.25) is 10.1 Å². The van der Waals surface area contributed by atoms with E-state index < -0.39 is 0 Å². The third kappa shape index (κ3) is 3.26. The molecule has 0 radical (unpaired) electrons. The van der Waals surface area contributed by atoms with Crippen molar-refractivity contribution in [2.45, 2.75) is 0 Å². The second kappa shape index (κ2) is 7.40. The minimum atomic E-state index is -0.277. The first-order chi connectivity index (χ1) is 14.6. The number of anilines is 2. The average Bonchev–Trinajstić information content (AvgIpc) is 3.33. The number of fused-ring (bicyclic) bond motifs is 2. The molecule has 2 aromatic carbocycles. The van der Waals surface area contributed by atoms with Crippen LogP contribution in [-0.4, -0.2) is 23.0 Å². The van der Waals surface area contributed by atoms with Crippen LogP contribution in [-0.2, 0) is 0 Å². The Bertz CT molecular complexity index is 1360. The molecule has 0 fully saturated rings. The summed E-state index contributed by atoms with van der Waals surface area (Å²) in [6, 6.07) is 19.2. The van der Waals surface area contributed by atoms with Crippen LogP contribution in [0.4, 0.5) is 10.8 Å². The van der Waals surface area contributed by atoms with Gasteiger partial charge >= 0.3 is 0 Å². The zero-order chi connectivity index (χ0) is 20.7. The highest BCUT2D eigenvalue weighted by atomic mass is 32.1. The number of pyridine rings is 1. The van der Waals surface area contributed by atoms with Crippen molar-refractivity contribution in [1.82, 2.24) is 9.97 Å². The first kappa shape index (κ1) is 18.5. The zero-order valence-corrected chi connectivity index (χ0v) is 17.5. The molecule has 0 unspecified atom stereocenters. The zero-order valence-electron chi connectivity index (χ0n) is 15.9. The van der Waals surface area contributed by atoms with Crippen molar-refractivity contribution in [1.29, 1.82) is 0 Å². The fraction of sp³-hybridized carbons (Fsp3) is 0.0455. The fourth-order valence-corrected chi connectivity index (χ4v) is 5.02. The summed E-state index contributed by atoms with van der Waals surface area (Å²) in [5.74, 6) is 0.509. The highest BCUT2D eigenvalue weighted by Crippen LogP contribution is 2.35. The Morgan fingerprint density at radius 1 is 1.00 bits per heavy atom. The van der Waals surface area contributed by atoms with Crippen LogP contribution in [0.15, 0.2) is 60.7 Å². The third-order valence-electron chi connectivity index (χ3n) is 4.70. The summed E-state index contributed by atoms with van der Waals surface area (Å²) >= 11 is 2.71. The number of rotatable bonds is 4. The lowest BCUT2D eigenvalue weighted by molar-refractivity contribution is 0.103. The summed E-state index contributed by atoms with van der Waals surface area (Å²) < 4.78 is 6.22. The van der Waals surface area contributed by atoms with E-state index >= 15 is 0 Å². The number of nitrogens with zero attached hydrogens (tertiary/aromatic N) is 2. The summed E-state index contributed by atoms with van der Waals surface area (Å²) in [7, 11) is 1.63. The minimum absolute atomic E-state index is 0.277. The minimum Gasteiger partial charge on any atom is -0.497 e. The molecule has 1 amide bonds. The number of nitrogens with one attached hydrogen (secondary N) is 1. The lowest BCUT2D eigenvalue weighted by Crippen LogP contribution is -2.11. The molecule has 3 heterocycles. The number of thiazole rings is 1. The number of hydrogen-bond donors (Lipinski definition) is 2. The number of para-hydroxylation sites is 1. The number of carbonyl (C=O) groups excluding carboxylic acids is 1. The van der Waals surface area contributed by atoms with Crippen LogP contribution in [0.25, 0.3) is 31.7 Å². The van der Waals surface area contributed by atoms with Crippen molar-refractivity contribution in [3.05, 3.63) is 65.5 Å². The molecule has 3 aromatic heterocycles. The number of methoxy groups -OCH3 is 1. The molecule has 3 N–H and O–H groups in total. The van der Waals surface area contributed by atoms with Gasteiger partial charge in [-0.15, -0.1) is 11.3 Å². The predicted molar refractivity (Wildman–Crippen MR) is 124 cm³/mol. The summed E-state index contributed by atoms with van der Waals surface area (Å²) in [4.78, 5) is 23.2. The SMILES string of the molecule is COc1ccc(-c2ccc3c(N)c(C(=O)Nc4nc5ccccc5s4)sc3n2)cc1. The molecule has 0 aliphatic carbocycles. The van der Waals surface area contributed by atoms with Gasteiger partial charge in [-0.1, -0.05) is 23.5 Å². The Balaban J connectivity index is 1.46. The quantitative estimate of drug-likeness (QED) is 0.396. The molecule has 0 aliphatic rings. The highest BCUT2D eigenvalue weighted by molar-refractivity contribution is 7.23. The van der Waals surface area contributed by atoms with Crippen molar-refractivity contribution in [3.8, 4) is 17.0 Å². The largest absolute Gasteiger partial charge is 0.497 e. The van der Waals surface area contributed by atoms with Crippen molar-refractivity contribution in [3.63, 3.8) is 0 Å². The fourth-order valence-electron chi connectivity index (χ4n) is 3.17. The normalized spacial score (nSPS) is 11.1. The number of amides is 1. The number of nitrogens with two attached hydrogens (primary N) is 1. The number of carbonyl (C=O) groups is 1. The summed E-state index contributed by atoms with van der Waals surface area (Å²) in [5, 5.41) is 4.18. The smallest absolute Gasteiger partial charge is 0.269 e. The van der Waals surface area contributed by atoms with Crippen LogP contribution in [0, 0.1) is 0 Å². The van der Waals surface area contributed by atoms with Gasteiger partial charge in [0.1, 0.15) is 15.5 Å². The number of aromatic nitrogens is 2. The molecule has 0 bridgehead atoms. The molecular formula is C22H16N4O2S2. The van der Waals surface area contributed by atoms with Crippen LogP contribution in [0.5, 0.6) is 5.75 Å². The number of ether oxygens (including phenoxy) is 1. The second-order valence-electron chi connectivity index (χ2n) is 6.56. The van der Waals surface area contributed by atoms with E-state index in [1.165, 1.54) is 22.7 Å². The van der Waals surface area contributed by atoms with Crippen LogP contribution >= 0.6 is 22.7 Å². The van der Waals surface area contributed by atoms with Crippen molar-refractivity contribution in [2.24, 2.45) is 0 Å². The number of hydrogen-bond acceptors (Lipinski definition) is 7. The van der Waals surface area contributed by atoms with Crippen LogP contribution < -0.4 is 15.8 Å². The summed E-state index contributed by atoms with van der Waals surface area (Å²) in [5.41, 5.74) is 9.33. The number of nitrogen functional groups attached to an aromatic ring is 1. The van der Waals surface area contributed by atoms with Gasteiger partial charge in [0.2, 0.25) is 0 Å². The maximum absolute atomic E-state index is 12.9. The molecule has 5 aromatic rings. The maximum atomic E-state index is 12.9. The summed E-state index contributed by atoms with van der Waals surface area (Å²) in [6.45, 7) is 0. The molecular weight excluding hydrogens is 416 g/mol. The molecule has 6 nitrogen and oxygen atoms in total. The Kier molecular flexibility index (Phi) is 4.57.